The molecule has 0 aliphatic heterocycles. The Morgan fingerprint density at radius 3 is 2.06 bits per heavy atom. The normalized spacial score (nSPS) is 11.4. The van der Waals surface area contributed by atoms with E-state index in [4.69, 9.17) is 9.47 Å². The van der Waals surface area contributed by atoms with E-state index in [0.29, 0.717) is 12.5 Å². The Hall–Kier alpha value is -0.410. The fourth-order valence-electron chi connectivity index (χ4n) is 1.24. The van der Waals surface area contributed by atoms with Gasteiger partial charge in [0.1, 0.15) is 6.61 Å². The Morgan fingerprint density at radius 1 is 0.941 bits per heavy atom. The predicted octanol–water partition coefficient (Wildman–Crippen LogP) is 3.07. The number of carbonyl (C=O) groups is 1. The van der Waals surface area contributed by atoms with Crippen molar-refractivity contribution >= 4 is 5.78 Å². The maximum Gasteiger partial charge on any atom is 0.160 e. The lowest BCUT2D eigenvalue weighted by Gasteiger charge is -2.07. The number of unbranched alkanes of at least 4 members (excludes halogenated alkanes) is 2. The van der Waals surface area contributed by atoms with Gasteiger partial charge in [0.05, 0.1) is 0 Å². The second kappa shape index (κ2) is 10.7. The zero-order valence-corrected chi connectivity index (χ0v) is 11.8. The zero-order valence-electron chi connectivity index (χ0n) is 11.8. The van der Waals surface area contributed by atoms with E-state index in [1.807, 2.05) is 13.8 Å². The van der Waals surface area contributed by atoms with Crippen molar-refractivity contribution in [1.82, 2.24) is 0 Å². The molecule has 0 aromatic carbocycles. The standard InChI is InChI=1S/C14H28O3/c1-12(2)10-16-8-6-5-7-9-17-11-14(15)13(3)4/h12-13H,5-11H2,1-4H3. The number of ketones is 1. The zero-order chi connectivity index (χ0) is 13.1. The second-order valence-corrected chi connectivity index (χ2v) is 5.20. The fraction of sp³-hybridized carbons (Fsp3) is 0.929. The number of carbonyl (C=O) groups excluding carboxylic acids is 1. The third kappa shape index (κ3) is 11.8. The highest BCUT2D eigenvalue weighted by molar-refractivity contribution is 5.81. The number of hydrogen-bond acceptors (Lipinski definition) is 3. The Kier molecular flexibility index (Phi) is 10.5. The Bertz CT molecular complexity index is 188. The van der Waals surface area contributed by atoms with Crippen LogP contribution in [0.3, 0.4) is 0 Å². The van der Waals surface area contributed by atoms with Crippen molar-refractivity contribution in [3.8, 4) is 0 Å². The largest absolute Gasteiger partial charge is 0.381 e. The summed E-state index contributed by atoms with van der Waals surface area (Å²) in [6.45, 7) is 10.7. The minimum Gasteiger partial charge on any atom is -0.381 e. The molecule has 102 valence electrons. The summed E-state index contributed by atoms with van der Waals surface area (Å²) >= 11 is 0. The molecule has 3 nitrogen and oxygen atoms in total. The summed E-state index contributed by atoms with van der Waals surface area (Å²) in [7, 11) is 0. The van der Waals surface area contributed by atoms with E-state index in [1.54, 1.807) is 0 Å². The smallest absolute Gasteiger partial charge is 0.160 e. The van der Waals surface area contributed by atoms with Gasteiger partial charge in [-0.1, -0.05) is 27.7 Å². The summed E-state index contributed by atoms with van der Waals surface area (Å²) in [4.78, 5) is 11.2. The number of Topliss-reactive ketones (excluding diaryl/α,β-unsaturated/α-hetero) is 1. The minimum atomic E-state index is 0.0828. The summed E-state index contributed by atoms with van der Waals surface area (Å²) < 4.78 is 10.8. The van der Waals surface area contributed by atoms with E-state index in [9.17, 15) is 4.79 Å². The lowest BCUT2D eigenvalue weighted by molar-refractivity contribution is -0.126. The van der Waals surface area contributed by atoms with Crippen LogP contribution in [0.15, 0.2) is 0 Å². The van der Waals surface area contributed by atoms with Crippen molar-refractivity contribution < 1.29 is 14.3 Å². The van der Waals surface area contributed by atoms with Crippen LogP contribution < -0.4 is 0 Å². The molecule has 0 spiro atoms. The molecule has 0 aliphatic rings. The van der Waals surface area contributed by atoms with Crippen molar-refractivity contribution in [2.75, 3.05) is 26.4 Å². The summed E-state index contributed by atoms with van der Waals surface area (Å²) in [6, 6.07) is 0. The van der Waals surface area contributed by atoms with E-state index in [0.717, 1.165) is 32.5 Å². The molecule has 0 aromatic heterocycles. The van der Waals surface area contributed by atoms with Crippen molar-refractivity contribution in [3.63, 3.8) is 0 Å². The molecule has 0 atom stereocenters. The number of ether oxygens (including phenoxy) is 2. The quantitative estimate of drug-likeness (QED) is 0.524. The van der Waals surface area contributed by atoms with Crippen LogP contribution in [0.1, 0.15) is 47.0 Å². The predicted molar refractivity (Wildman–Crippen MR) is 70.2 cm³/mol. The maximum atomic E-state index is 11.2. The highest BCUT2D eigenvalue weighted by Crippen LogP contribution is 2.00. The summed E-state index contributed by atoms with van der Waals surface area (Å²) in [5, 5.41) is 0. The highest BCUT2D eigenvalue weighted by atomic mass is 16.5. The molecule has 17 heavy (non-hydrogen) atoms. The Balaban J connectivity index is 3.11. The molecular formula is C14H28O3. The van der Waals surface area contributed by atoms with Crippen LogP contribution in [-0.2, 0) is 14.3 Å². The third-order valence-electron chi connectivity index (χ3n) is 2.42. The first-order chi connectivity index (χ1) is 8.04. The number of rotatable bonds is 11. The van der Waals surface area contributed by atoms with Crippen molar-refractivity contribution in [3.05, 3.63) is 0 Å². The van der Waals surface area contributed by atoms with Crippen LogP contribution >= 0.6 is 0 Å². The van der Waals surface area contributed by atoms with Gasteiger partial charge in [-0.25, -0.2) is 0 Å². The van der Waals surface area contributed by atoms with Gasteiger partial charge in [0, 0.05) is 25.7 Å². The Morgan fingerprint density at radius 2 is 1.53 bits per heavy atom. The summed E-state index contributed by atoms with van der Waals surface area (Å²) in [6.07, 6.45) is 3.19. The molecule has 0 aliphatic carbocycles. The van der Waals surface area contributed by atoms with Gasteiger partial charge in [0.25, 0.3) is 0 Å². The van der Waals surface area contributed by atoms with Crippen LogP contribution in [0, 0.1) is 11.8 Å². The second-order valence-electron chi connectivity index (χ2n) is 5.20. The van der Waals surface area contributed by atoms with Crippen molar-refractivity contribution in [2.45, 2.75) is 47.0 Å². The maximum absolute atomic E-state index is 11.2. The fourth-order valence-corrected chi connectivity index (χ4v) is 1.24. The van der Waals surface area contributed by atoms with E-state index in [-0.39, 0.29) is 18.3 Å². The molecule has 0 radical (unpaired) electrons. The van der Waals surface area contributed by atoms with Crippen LogP contribution in [-0.4, -0.2) is 32.2 Å². The van der Waals surface area contributed by atoms with Crippen molar-refractivity contribution in [1.29, 1.82) is 0 Å². The molecule has 0 heterocycles. The van der Waals surface area contributed by atoms with Gasteiger partial charge >= 0.3 is 0 Å². The lowest BCUT2D eigenvalue weighted by atomic mass is 10.1. The van der Waals surface area contributed by atoms with Crippen LogP contribution in [0.4, 0.5) is 0 Å². The van der Waals surface area contributed by atoms with E-state index < -0.39 is 0 Å². The van der Waals surface area contributed by atoms with Gasteiger partial charge in [0.15, 0.2) is 5.78 Å². The van der Waals surface area contributed by atoms with Crippen LogP contribution in [0.2, 0.25) is 0 Å². The monoisotopic (exact) mass is 244 g/mol. The molecule has 0 saturated heterocycles. The van der Waals surface area contributed by atoms with E-state index in [1.165, 1.54) is 0 Å². The van der Waals surface area contributed by atoms with Gasteiger partial charge in [-0.2, -0.15) is 0 Å². The van der Waals surface area contributed by atoms with E-state index >= 15 is 0 Å². The van der Waals surface area contributed by atoms with Gasteiger partial charge in [-0.05, 0) is 25.2 Å². The molecule has 0 unspecified atom stereocenters. The average Bonchev–Trinajstić information content (AvgIpc) is 2.25. The summed E-state index contributed by atoms with van der Waals surface area (Å²) in [5.74, 6) is 0.880. The molecule has 0 N–H and O–H groups in total. The molecule has 0 bridgehead atoms. The molecule has 0 saturated carbocycles. The van der Waals surface area contributed by atoms with Crippen molar-refractivity contribution in [2.24, 2.45) is 11.8 Å². The first-order valence-corrected chi connectivity index (χ1v) is 6.72. The third-order valence-corrected chi connectivity index (χ3v) is 2.42. The molecule has 0 fully saturated rings. The van der Waals surface area contributed by atoms with Gasteiger partial charge in [-0.15, -0.1) is 0 Å². The Labute approximate surface area is 106 Å². The number of hydrogen-bond donors (Lipinski definition) is 0. The molecule has 0 rings (SSSR count). The van der Waals surface area contributed by atoms with Gasteiger partial charge in [0.2, 0.25) is 0 Å². The van der Waals surface area contributed by atoms with E-state index in [2.05, 4.69) is 13.8 Å². The minimum absolute atomic E-state index is 0.0828. The first-order valence-electron chi connectivity index (χ1n) is 6.72. The van der Waals surface area contributed by atoms with Crippen LogP contribution in [0.25, 0.3) is 0 Å². The molecular weight excluding hydrogens is 216 g/mol. The summed E-state index contributed by atoms with van der Waals surface area (Å²) in [5.41, 5.74) is 0. The molecule has 0 amide bonds. The molecule has 0 aromatic rings. The first kappa shape index (κ1) is 16.6. The van der Waals surface area contributed by atoms with Crippen LogP contribution in [0.5, 0.6) is 0 Å². The highest BCUT2D eigenvalue weighted by Gasteiger charge is 2.06. The lowest BCUT2D eigenvalue weighted by Crippen LogP contribution is -2.15. The molecule has 3 heteroatoms. The average molecular weight is 244 g/mol. The topological polar surface area (TPSA) is 35.5 Å². The van der Waals surface area contributed by atoms with Gasteiger partial charge in [-0.3, -0.25) is 4.79 Å². The van der Waals surface area contributed by atoms with Gasteiger partial charge < -0.3 is 9.47 Å². The SMILES string of the molecule is CC(C)COCCCCCOCC(=O)C(C)C.